The molecule has 3 aromatic rings. The first-order valence-corrected chi connectivity index (χ1v) is 7.20. The van der Waals surface area contributed by atoms with Crippen LogP contribution in [0.25, 0.3) is 10.8 Å². The molecule has 0 radical (unpaired) electrons. The number of carbonyl (C=O) groups excluding carboxylic acids is 1. The average molecular weight is 287 g/mol. The Hall–Kier alpha value is -1.64. The summed E-state index contributed by atoms with van der Waals surface area (Å²) < 4.78 is 0. The van der Waals surface area contributed by atoms with E-state index in [1.165, 1.54) is 11.3 Å². The van der Waals surface area contributed by atoms with Crippen LogP contribution in [0.2, 0.25) is 5.02 Å². The Bertz CT molecular complexity index is 773. The molecule has 0 bridgehead atoms. The van der Waals surface area contributed by atoms with Crippen LogP contribution in [0.4, 0.5) is 0 Å². The number of aryl methyl sites for hydroxylation is 1. The van der Waals surface area contributed by atoms with Crippen LogP contribution >= 0.6 is 22.9 Å². The molecule has 0 aliphatic carbocycles. The largest absolute Gasteiger partial charge is 0.288 e. The summed E-state index contributed by atoms with van der Waals surface area (Å²) in [5.74, 6) is 0.00861. The van der Waals surface area contributed by atoms with E-state index in [9.17, 15) is 4.79 Å². The van der Waals surface area contributed by atoms with Crippen molar-refractivity contribution >= 4 is 39.5 Å². The number of ketones is 1. The van der Waals surface area contributed by atoms with Gasteiger partial charge in [-0.1, -0.05) is 48.0 Å². The quantitative estimate of drug-likeness (QED) is 0.599. The zero-order valence-corrected chi connectivity index (χ0v) is 11.9. The molecule has 3 heteroatoms. The first-order valence-electron chi connectivity index (χ1n) is 5.94. The van der Waals surface area contributed by atoms with E-state index in [1.807, 2.05) is 48.7 Å². The Morgan fingerprint density at radius 2 is 1.89 bits per heavy atom. The first kappa shape index (κ1) is 12.4. The summed E-state index contributed by atoms with van der Waals surface area (Å²) >= 11 is 7.47. The van der Waals surface area contributed by atoms with Gasteiger partial charge in [-0.25, -0.2) is 0 Å². The maximum Gasteiger partial charge on any atom is 0.205 e. The number of hydrogen-bond donors (Lipinski definition) is 0. The standard InChI is InChI=1S/C16H11ClOS/c1-10-6-7-11-4-2-3-5-12(11)14(10)15(18)16-13(17)8-9-19-16/h2-9H,1H3. The van der Waals surface area contributed by atoms with E-state index in [2.05, 4.69) is 0 Å². The van der Waals surface area contributed by atoms with Crippen LogP contribution in [-0.2, 0) is 0 Å². The lowest BCUT2D eigenvalue weighted by Crippen LogP contribution is -2.03. The molecule has 0 aliphatic heterocycles. The van der Waals surface area contributed by atoms with Crippen LogP contribution in [0.1, 0.15) is 20.8 Å². The Morgan fingerprint density at radius 3 is 2.63 bits per heavy atom. The van der Waals surface area contributed by atoms with Crippen LogP contribution < -0.4 is 0 Å². The minimum absolute atomic E-state index is 0.00861. The van der Waals surface area contributed by atoms with Gasteiger partial charge in [-0.05, 0) is 34.7 Å². The molecule has 0 unspecified atom stereocenters. The molecular formula is C16H11ClOS. The van der Waals surface area contributed by atoms with Crippen molar-refractivity contribution in [1.82, 2.24) is 0 Å². The summed E-state index contributed by atoms with van der Waals surface area (Å²) in [6.07, 6.45) is 0. The summed E-state index contributed by atoms with van der Waals surface area (Å²) in [4.78, 5) is 13.3. The van der Waals surface area contributed by atoms with Gasteiger partial charge >= 0.3 is 0 Å². The molecule has 19 heavy (non-hydrogen) atoms. The van der Waals surface area contributed by atoms with Crippen molar-refractivity contribution in [2.45, 2.75) is 6.92 Å². The minimum Gasteiger partial charge on any atom is -0.288 e. The lowest BCUT2D eigenvalue weighted by molar-refractivity contribution is 0.104. The van der Waals surface area contributed by atoms with Gasteiger partial charge in [-0.2, -0.15) is 0 Å². The number of thiophene rings is 1. The molecule has 0 saturated heterocycles. The highest BCUT2D eigenvalue weighted by Gasteiger charge is 2.18. The third-order valence-electron chi connectivity index (χ3n) is 3.19. The molecular weight excluding hydrogens is 276 g/mol. The number of carbonyl (C=O) groups is 1. The maximum atomic E-state index is 12.7. The molecule has 0 N–H and O–H groups in total. The van der Waals surface area contributed by atoms with Gasteiger partial charge in [-0.15, -0.1) is 11.3 Å². The van der Waals surface area contributed by atoms with Crippen LogP contribution in [0.5, 0.6) is 0 Å². The summed E-state index contributed by atoms with van der Waals surface area (Å²) in [5, 5.41) is 4.43. The predicted molar refractivity (Wildman–Crippen MR) is 81.4 cm³/mol. The van der Waals surface area contributed by atoms with Crippen molar-refractivity contribution in [3.8, 4) is 0 Å². The second-order valence-electron chi connectivity index (χ2n) is 4.41. The second-order valence-corrected chi connectivity index (χ2v) is 5.73. The Labute approximate surface area is 120 Å². The van der Waals surface area contributed by atoms with Gasteiger partial charge in [0.15, 0.2) is 0 Å². The van der Waals surface area contributed by atoms with Gasteiger partial charge in [0, 0.05) is 5.56 Å². The van der Waals surface area contributed by atoms with Crippen molar-refractivity contribution in [2.24, 2.45) is 0 Å². The van der Waals surface area contributed by atoms with E-state index in [4.69, 9.17) is 11.6 Å². The SMILES string of the molecule is Cc1ccc2ccccc2c1C(=O)c1sccc1Cl. The first-order chi connectivity index (χ1) is 9.18. The third-order valence-corrected chi connectivity index (χ3v) is 4.53. The number of benzene rings is 2. The molecule has 94 valence electrons. The fourth-order valence-corrected chi connectivity index (χ4v) is 3.34. The number of hydrogen-bond acceptors (Lipinski definition) is 2. The normalized spacial score (nSPS) is 10.8. The van der Waals surface area contributed by atoms with Crippen LogP contribution in [-0.4, -0.2) is 5.78 Å². The van der Waals surface area contributed by atoms with Gasteiger partial charge in [-0.3, -0.25) is 4.79 Å². The smallest absolute Gasteiger partial charge is 0.205 e. The fraction of sp³-hybridized carbons (Fsp3) is 0.0625. The zero-order chi connectivity index (χ0) is 13.4. The second kappa shape index (κ2) is 4.80. The average Bonchev–Trinajstić information content (AvgIpc) is 2.84. The van der Waals surface area contributed by atoms with Gasteiger partial charge in [0.1, 0.15) is 0 Å². The van der Waals surface area contributed by atoms with E-state index < -0.39 is 0 Å². The van der Waals surface area contributed by atoms with E-state index in [0.717, 1.165) is 21.9 Å². The fourth-order valence-electron chi connectivity index (χ4n) is 2.25. The summed E-state index contributed by atoms with van der Waals surface area (Å²) in [6.45, 7) is 1.96. The van der Waals surface area contributed by atoms with Gasteiger partial charge in [0.25, 0.3) is 0 Å². The summed E-state index contributed by atoms with van der Waals surface area (Å²) in [6, 6.07) is 13.7. The van der Waals surface area contributed by atoms with Crippen molar-refractivity contribution in [1.29, 1.82) is 0 Å². The lowest BCUT2D eigenvalue weighted by Gasteiger charge is -2.08. The predicted octanol–water partition coefficient (Wildman–Crippen LogP) is 5.09. The van der Waals surface area contributed by atoms with Gasteiger partial charge in [0.2, 0.25) is 5.78 Å². The Morgan fingerprint density at radius 1 is 1.11 bits per heavy atom. The molecule has 0 amide bonds. The molecule has 0 aliphatic rings. The molecule has 0 atom stereocenters. The Balaban J connectivity index is 2.28. The molecule has 3 rings (SSSR count). The minimum atomic E-state index is 0.00861. The van der Waals surface area contributed by atoms with Crippen molar-refractivity contribution < 1.29 is 4.79 Å². The highest BCUT2D eigenvalue weighted by Crippen LogP contribution is 2.30. The monoisotopic (exact) mass is 286 g/mol. The molecule has 1 nitrogen and oxygen atoms in total. The van der Waals surface area contributed by atoms with E-state index >= 15 is 0 Å². The molecule has 1 aromatic heterocycles. The van der Waals surface area contributed by atoms with Crippen molar-refractivity contribution in [3.63, 3.8) is 0 Å². The molecule has 1 heterocycles. The highest BCUT2D eigenvalue weighted by molar-refractivity contribution is 7.13. The summed E-state index contributed by atoms with van der Waals surface area (Å²) in [5.41, 5.74) is 1.73. The molecule has 2 aromatic carbocycles. The topological polar surface area (TPSA) is 17.1 Å². The molecule has 0 spiro atoms. The van der Waals surface area contributed by atoms with Crippen LogP contribution in [0, 0.1) is 6.92 Å². The number of halogens is 1. The zero-order valence-electron chi connectivity index (χ0n) is 10.3. The van der Waals surface area contributed by atoms with Crippen LogP contribution in [0.15, 0.2) is 47.8 Å². The third kappa shape index (κ3) is 2.07. The summed E-state index contributed by atoms with van der Waals surface area (Å²) in [7, 11) is 0. The van der Waals surface area contributed by atoms with E-state index in [1.54, 1.807) is 6.07 Å². The van der Waals surface area contributed by atoms with E-state index in [0.29, 0.717) is 9.90 Å². The van der Waals surface area contributed by atoms with Crippen molar-refractivity contribution in [2.75, 3.05) is 0 Å². The molecule has 0 fully saturated rings. The van der Waals surface area contributed by atoms with E-state index in [-0.39, 0.29) is 5.78 Å². The molecule has 0 saturated carbocycles. The number of fused-ring (bicyclic) bond motifs is 1. The Kier molecular flexibility index (Phi) is 3.13. The van der Waals surface area contributed by atoms with Crippen LogP contribution in [0.3, 0.4) is 0 Å². The number of rotatable bonds is 2. The lowest BCUT2D eigenvalue weighted by atomic mass is 9.96. The highest BCUT2D eigenvalue weighted by atomic mass is 35.5. The van der Waals surface area contributed by atoms with Crippen molar-refractivity contribution in [3.05, 3.63) is 68.9 Å². The van der Waals surface area contributed by atoms with Gasteiger partial charge < -0.3 is 0 Å². The van der Waals surface area contributed by atoms with Gasteiger partial charge in [0.05, 0.1) is 9.90 Å². The maximum absolute atomic E-state index is 12.7.